The van der Waals surface area contributed by atoms with Crippen molar-refractivity contribution >= 4 is 23.5 Å². The van der Waals surface area contributed by atoms with Gasteiger partial charge in [0, 0.05) is 11.1 Å². The average Bonchev–Trinajstić information content (AvgIpc) is 2.51. The van der Waals surface area contributed by atoms with E-state index in [4.69, 9.17) is 16.3 Å². The van der Waals surface area contributed by atoms with E-state index < -0.39 is 0 Å². The van der Waals surface area contributed by atoms with Gasteiger partial charge in [-0.05, 0) is 25.1 Å². The van der Waals surface area contributed by atoms with Crippen LogP contribution < -0.4 is 4.74 Å². The molecule has 0 atom stereocenters. The van der Waals surface area contributed by atoms with Crippen LogP contribution in [0.2, 0.25) is 0 Å². The predicted molar refractivity (Wildman–Crippen MR) is 66.6 cm³/mol. The number of hydrogen-bond acceptors (Lipinski definition) is 3. The third kappa shape index (κ3) is 2.19. The molecule has 0 fully saturated rings. The van der Waals surface area contributed by atoms with Gasteiger partial charge in [-0.15, -0.1) is 0 Å². The van der Waals surface area contributed by atoms with Crippen molar-refractivity contribution in [3.05, 3.63) is 40.4 Å². The van der Waals surface area contributed by atoms with Crippen LogP contribution in [0, 0.1) is 0 Å². The van der Waals surface area contributed by atoms with Crippen molar-refractivity contribution in [2.45, 2.75) is 6.92 Å². The first kappa shape index (κ1) is 11.7. The van der Waals surface area contributed by atoms with Gasteiger partial charge in [0.05, 0.1) is 11.1 Å². The van der Waals surface area contributed by atoms with E-state index in [0.29, 0.717) is 17.9 Å². The van der Waals surface area contributed by atoms with Crippen molar-refractivity contribution in [3.8, 4) is 11.5 Å². The molecule has 0 aromatic heterocycles. The van der Waals surface area contributed by atoms with Gasteiger partial charge < -0.3 is 9.84 Å². The number of benzene rings is 1. The number of ether oxygens (including phenoxy) is 1. The SMILES string of the molecule is CC(=O)c1ccc2c(c1O)C=C/C(=C/Cl)CO2. The minimum absolute atomic E-state index is 0.0536. The fourth-order valence-corrected chi connectivity index (χ4v) is 1.76. The first-order chi connectivity index (χ1) is 8.13. The zero-order valence-electron chi connectivity index (χ0n) is 9.24. The molecule has 88 valence electrons. The van der Waals surface area contributed by atoms with E-state index in [1.54, 1.807) is 24.3 Å². The van der Waals surface area contributed by atoms with Gasteiger partial charge in [0.1, 0.15) is 18.1 Å². The van der Waals surface area contributed by atoms with Gasteiger partial charge in [-0.25, -0.2) is 0 Å². The number of carbonyl (C=O) groups excluding carboxylic acids is 1. The minimum atomic E-state index is -0.184. The molecule has 0 radical (unpaired) electrons. The van der Waals surface area contributed by atoms with Crippen LogP contribution in [0.1, 0.15) is 22.8 Å². The van der Waals surface area contributed by atoms with E-state index in [1.807, 2.05) is 0 Å². The van der Waals surface area contributed by atoms with Crippen molar-refractivity contribution in [1.29, 1.82) is 0 Å². The van der Waals surface area contributed by atoms with E-state index in [2.05, 4.69) is 0 Å². The number of rotatable bonds is 1. The molecule has 3 nitrogen and oxygen atoms in total. The maximum atomic E-state index is 11.3. The number of halogens is 1. The molecule has 1 aromatic rings. The molecule has 0 saturated carbocycles. The summed E-state index contributed by atoms with van der Waals surface area (Å²) in [5, 5.41) is 9.98. The van der Waals surface area contributed by atoms with Crippen molar-refractivity contribution in [1.82, 2.24) is 0 Å². The van der Waals surface area contributed by atoms with Crippen LogP contribution in [-0.4, -0.2) is 17.5 Å². The van der Waals surface area contributed by atoms with Gasteiger partial charge in [0.2, 0.25) is 0 Å². The molecule has 1 aromatic carbocycles. The lowest BCUT2D eigenvalue weighted by Crippen LogP contribution is -2.00. The highest BCUT2D eigenvalue weighted by molar-refractivity contribution is 6.25. The van der Waals surface area contributed by atoms with Crippen molar-refractivity contribution in [2.75, 3.05) is 6.61 Å². The summed E-state index contributed by atoms with van der Waals surface area (Å²) in [6, 6.07) is 3.23. The number of Topliss-reactive ketones (excluding diaryl/α,β-unsaturated/α-hetero) is 1. The first-order valence-electron chi connectivity index (χ1n) is 5.10. The topological polar surface area (TPSA) is 46.5 Å². The van der Waals surface area contributed by atoms with E-state index in [1.165, 1.54) is 12.5 Å². The van der Waals surface area contributed by atoms with Crippen LogP contribution in [0.15, 0.2) is 29.3 Å². The van der Waals surface area contributed by atoms with Gasteiger partial charge in [-0.1, -0.05) is 17.7 Å². The molecule has 0 unspecified atom stereocenters. The molecular weight excluding hydrogens is 240 g/mol. The molecule has 1 heterocycles. The Morgan fingerprint density at radius 3 is 2.88 bits per heavy atom. The summed E-state index contributed by atoms with van der Waals surface area (Å²) in [7, 11) is 0. The Morgan fingerprint density at radius 2 is 2.24 bits per heavy atom. The lowest BCUT2D eigenvalue weighted by molar-refractivity contribution is 0.101. The van der Waals surface area contributed by atoms with Gasteiger partial charge in [0.25, 0.3) is 0 Å². The van der Waals surface area contributed by atoms with Crippen LogP contribution in [0.4, 0.5) is 0 Å². The van der Waals surface area contributed by atoms with E-state index in [0.717, 1.165) is 5.57 Å². The largest absolute Gasteiger partial charge is 0.506 e. The second kappa shape index (κ2) is 4.63. The highest BCUT2D eigenvalue weighted by Crippen LogP contribution is 2.34. The number of carbonyl (C=O) groups is 1. The van der Waals surface area contributed by atoms with Gasteiger partial charge in [-0.3, -0.25) is 4.79 Å². The molecule has 4 heteroatoms. The highest BCUT2D eigenvalue weighted by Gasteiger charge is 2.16. The third-order valence-corrected chi connectivity index (χ3v) is 2.84. The molecule has 0 spiro atoms. The van der Waals surface area contributed by atoms with Crippen LogP contribution in [0.25, 0.3) is 6.08 Å². The Balaban J connectivity index is 2.55. The van der Waals surface area contributed by atoms with Crippen LogP contribution in [-0.2, 0) is 0 Å². The molecule has 1 aliphatic heterocycles. The van der Waals surface area contributed by atoms with E-state index in [9.17, 15) is 9.90 Å². The van der Waals surface area contributed by atoms with Crippen molar-refractivity contribution < 1.29 is 14.6 Å². The number of hydrogen-bond donors (Lipinski definition) is 1. The summed E-state index contributed by atoms with van der Waals surface area (Å²) < 4.78 is 5.48. The fraction of sp³-hybridized carbons (Fsp3) is 0.154. The lowest BCUT2D eigenvalue weighted by atomic mass is 10.0. The van der Waals surface area contributed by atoms with Crippen LogP contribution in [0.3, 0.4) is 0 Å². The molecule has 0 saturated heterocycles. The summed E-state index contributed by atoms with van der Waals surface area (Å²) >= 11 is 5.61. The van der Waals surface area contributed by atoms with Gasteiger partial charge in [0.15, 0.2) is 5.78 Å². The number of phenolic OH excluding ortho intramolecular Hbond substituents is 1. The summed E-state index contributed by atoms with van der Waals surface area (Å²) in [5.74, 6) is 0.301. The molecule has 0 bridgehead atoms. The monoisotopic (exact) mass is 250 g/mol. The number of fused-ring (bicyclic) bond motifs is 1. The molecular formula is C13H11ClO3. The zero-order valence-corrected chi connectivity index (χ0v) is 9.99. The summed E-state index contributed by atoms with van der Waals surface area (Å²) in [6.07, 6.45) is 3.45. The summed E-state index contributed by atoms with van der Waals surface area (Å²) in [4.78, 5) is 11.3. The third-order valence-electron chi connectivity index (χ3n) is 2.55. The number of phenols is 1. The van der Waals surface area contributed by atoms with E-state index in [-0.39, 0.29) is 17.1 Å². The normalized spacial score (nSPS) is 16.2. The average molecular weight is 251 g/mol. The molecule has 1 N–H and O–H groups in total. The Kier molecular flexibility index (Phi) is 3.20. The maximum Gasteiger partial charge on any atom is 0.163 e. The Bertz CT molecular complexity index is 530. The maximum absolute atomic E-state index is 11.3. The van der Waals surface area contributed by atoms with Crippen molar-refractivity contribution in [3.63, 3.8) is 0 Å². The van der Waals surface area contributed by atoms with Crippen LogP contribution in [0.5, 0.6) is 11.5 Å². The molecule has 1 aliphatic rings. The first-order valence-corrected chi connectivity index (χ1v) is 5.54. The Labute approximate surface area is 104 Å². The molecule has 0 amide bonds. The highest BCUT2D eigenvalue weighted by atomic mass is 35.5. The predicted octanol–water partition coefficient (Wildman–Crippen LogP) is 3.12. The number of ketones is 1. The zero-order chi connectivity index (χ0) is 12.4. The number of aromatic hydroxyl groups is 1. The van der Waals surface area contributed by atoms with Gasteiger partial charge in [-0.2, -0.15) is 0 Å². The molecule has 2 rings (SSSR count). The Hall–Kier alpha value is -1.74. The summed E-state index contributed by atoms with van der Waals surface area (Å²) in [5.41, 5.74) is 3.01. The molecule has 17 heavy (non-hydrogen) atoms. The quantitative estimate of drug-likeness (QED) is 0.779. The van der Waals surface area contributed by atoms with Crippen LogP contribution >= 0.6 is 11.6 Å². The fourth-order valence-electron chi connectivity index (χ4n) is 1.63. The summed E-state index contributed by atoms with van der Waals surface area (Å²) in [6.45, 7) is 1.75. The smallest absolute Gasteiger partial charge is 0.163 e. The standard InChI is InChI=1S/C13H11ClO3/c1-8(15)10-4-5-12-11(13(10)16)3-2-9(6-14)7-17-12/h2-6,16H,7H2,1H3/b9-6-. The lowest BCUT2D eigenvalue weighted by Gasteiger charge is -2.10. The minimum Gasteiger partial charge on any atom is -0.506 e. The van der Waals surface area contributed by atoms with Gasteiger partial charge >= 0.3 is 0 Å². The second-order valence-corrected chi connectivity index (χ2v) is 3.95. The van der Waals surface area contributed by atoms with E-state index >= 15 is 0 Å². The second-order valence-electron chi connectivity index (χ2n) is 3.74. The Morgan fingerprint density at radius 1 is 1.47 bits per heavy atom. The molecule has 0 aliphatic carbocycles. The van der Waals surface area contributed by atoms with Crippen molar-refractivity contribution in [2.24, 2.45) is 0 Å².